The predicted molar refractivity (Wildman–Crippen MR) is 56.6 cm³/mol. The Morgan fingerprint density at radius 3 is 2.44 bits per heavy atom. The molecule has 7 nitrogen and oxygen atoms in total. The van der Waals surface area contributed by atoms with E-state index in [0.29, 0.717) is 5.65 Å². The topological polar surface area (TPSA) is 124 Å². The molecule has 8 heteroatoms. The maximum absolute atomic E-state index is 10.8. The number of nitrogens with zero attached hydrogens (tertiary/aromatic N) is 1. The Labute approximate surface area is 89.7 Å². The Morgan fingerprint density at radius 1 is 1.19 bits per heavy atom. The second-order valence-corrected chi connectivity index (χ2v) is 3.80. The molecule has 2 heterocycles. The molecular formula is C8H9N2O5P. The Balaban J connectivity index is 0.000000221. The lowest BCUT2D eigenvalue weighted by atomic mass is 10.3. The minimum atomic E-state index is -4.64. The SMILES string of the molecule is O=P(O)(O)O.O=c1ccc2cccnc2[nH]1. The molecule has 0 unspecified atom stereocenters. The van der Waals surface area contributed by atoms with E-state index >= 15 is 0 Å². The highest BCUT2D eigenvalue weighted by Gasteiger charge is 2.00. The molecule has 86 valence electrons. The van der Waals surface area contributed by atoms with Gasteiger partial charge in [-0.3, -0.25) is 4.79 Å². The van der Waals surface area contributed by atoms with Crippen molar-refractivity contribution in [1.82, 2.24) is 9.97 Å². The zero-order valence-electron chi connectivity index (χ0n) is 7.94. The first-order valence-corrected chi connectivity index (χ1v) is 5.65. The standard InChI is InChI=1S/C8H6N2O.H3O4P/c11-7-4-3-6-2-1-5-9-8(6)10-7;1-5(2,3)4/h1-5H,(H,9,10,11);(H3,1,2,3,4). The summed E-state index contributed by atoms with van der Waals surface area (Å²) in [7, 11) is -4.64. The normalized spacial score (nSPS) is 10.7. The molecule has 0 spiro atoms. The maximum atomic E-state index is 10.8. The van der Waals surface area contributed by atoms with E-state index in [-0.39, 0.29) is 5.56 Å². The molecule has 16 heavy (non-hydrogen) atoms. The molecule has 0 aromatic carbocycles. The van der Waals surface area contributed by atoms with Gasteiger partial charge in [-0.1, -0.05) is 0 Å². The molecule has 2 aromatic heterocycles. The summed E-state index contributed by atoms with van der Waals surface area (Å²) in [5.41, 5.74) is 0.524. The van der Waals surface area contributed by atoms with Gasteiger partial charge in [0.1, 0.15) is 5.65 Å². The first-order chi connectivity index (χ1) is 7.36. The lowest BCUT2D eigenvalue weighted by Gasteiger charge is -1.92. The van der Waals surface area contributed by atoms with E-state index in [4.69, 9.17) is 19.2 Å². The molecule has 0 radical (unpaired) electrons. The summed E-state index contributed by atoms with van der Waals surface area (Å²) in [6.07, 6.45) is 1.65. The van der Waals surface area contributed by atoms with Crippen molar-refractivity contribution in [2.75, 3.05) is 0 Å². The van der Waals surface area contributed by atoms with E-state index in [2.05, 4.69) is 9.97 Å². The van der Waals surface area contributed by atoms with E-state index in [0.717, 1.165) is 5.39 Å². The average Bonchev–Trinajstić information content (AvgIpc) is 2.15. The smallest absolute Gasteiger partial charge is 0.307 e. The summed E-state index contributed by atoms with van der Waals surface area (Å²) >= 11 is 0. The molecule has 0 amide bonds. The van der Waals surface area contributed by atoms with Gasteiger partial charge in [-0.05, 0) is 18.2 Å². The number of rotatable bonds is 0. The molecule has 0 saturated carbocycles. The summed E-state index contributed by atoms with van der Waals surface area (Å²) in [6, 6.07) is 6.98. The fourth-order valence-corrected chi connectivity index (χ4v) is 0.981. The molecule has 4 N–H and O–H groups in total. The number of aromatic nitrogens is 2. The lowest BCUT2D eigenvalue weighted by molar-refractivity contribution is 0.275. The van der Waals surface area contributed by atoms with Gasteiger partial charge >= 0.3 is 7.82 Å². The van der Waals surface area contributed by atoms with E-state index in [1.54, 1.807) is 12.3 Å². The van der Waals surface area contributed by atoms with Crippen LogP contribution in [0.25, 0.3) is 11.0 Å². The summed E-state index contributed by atoms with van der Waals surface area (Å²) in [5.74, 6) is 0. The number of hydrogen-bond donors (Lipinski definition) is 4. The zero-order valence-corrected chi connectivity index (χ0v) is 8.83. The van der Waals surface area contributed by atoms with Crippen LogP contribution in [0.3, 0.4) is 0 Å². The van der Waals surface area contributed by atoms with Gasteiger partial charge in [0.2, 0.25) is 5.56 Å². The highest BCUT2D eigenvalue weighted by molar-refractivity contribution is 7.45. The zero-order chi connectivity index (χ0) is 12.2. The van der Waals surface area contributed by atoms with Crippen molar-refractivity contribution in [2.45, 2.75) is 0 Å². The van der Waals surface area contributed by atoms with Gasteiger partial charge in [-0.15, -0.1) is 0 Å². The van der Waals surface area contributed by atoms with Gasteiger partial charge in [-0.25, -0.2) is 9.55 Å². The van der Waals surface area contributed by atoms with Gasteiger partial charge in [0, 0.05) is 17.6 Å². The van der Waals surface area contributed by atoms with Crippen LogP contribution >= 0.6 is 7.82 Å². The second kappa shape index (κ2) is 5.00. The third-order valence-corrected chi connectivity index (χ3v) is 1.49. The highest BCUT2D eigenvalue weighted by Crippen LogP contribution is 2.25. The summed E-state index contributed by atoms with van der Waals surface area (Å²) in [6.45, 7) is 0. The second-order valence-electron chi connectivity index (χ2n) is 2.78. The van der Waals surface area contributed by atoms with Crippen molar-refractivity contribution >= 4 is 18.9 Å². The van der Waals surface area contributed by atoms with Crippen molar-refractivity contribution in [3.05, 3.63) is 40.8 Å². The summed E-state index contributed by atoms with van der Waals surface area (Å²) in [4.78, 5) is 39.0. The maximum Gasteiger partial charge on any atom is 0.466 e. The van der Waals surface area contributed by atoms with Crippen LogP contribution in [-0.4, -0.2) is 24.6 Å². The Hall–Kier alpha value is -1.53. The molecular weight excluding hydrogens is 235 g/mol. The Morgan fingerprint density at radius 2 is 1.81 bits per heavy atom. The Bertz CT molecular complexity index is 567. The number of phosphoric acid groups is 1. The van der Waals surface area contributed by atoms with Gasteiger partial charge < -0.3 is 19.7 Å². The van der Waals surface area contributed by atoms with Crippen molar-refractivity contribution in [2.24, 2.45) is 0 Å². The number of nitrogens with one attached hydrogen (secondary N) is 1. The minimum Gasteiger partial charge on any atom is -0.307 e. The van der Waals surface area contributed by atoms with Crippen LogP contribution in [-0.2, 0) is 4.57 Å². The average molecular weight is 244 g/mol. The van der Waals surface area contributed by atoms with E-state index in [1.807, 2.05) is 12.1 Å². The number of fused-ring (bicyclic) bond motifs is 1. The number of H-pyrrole nitrogens is 1. The van der Waals surface area contributed by atoms with Crippen molar-refractivity contribution < 1.29 is 19.2 Å². The number of aromatic amines is 1. The van der Waals surface area contributed by atoms with E-state index in [1.165, 1.54) is 6.07 Å². The molecule has 0 saturated heterocycles. The molecule has 0 aliphatic rings. The largest absolute Gasteiger partial charge is 0.466 e. The van der Waals surface area contributed by atoms with E-state index in [9.17, 15) is 4.79 Å². The first-order valence-electron chi connectivity index (χ1n) is 4.08. The van der Waals surface area contributed by atoms with Crippen LogP contribution in [0.1, 0.15) is 0 Å². The van der Waals surface area contributed by atoms with Gasteiger partial charge in [0.15, 0.2) is 0 Å². The molecule has 2 rings (SSSR count). The van der Waals surface area contributed by atoms with Crippen LogP contribution < -0.4 is 5.56 Å². The molecule has 0 bridgehead atoms. The van der Waals surface area contributed by atoms with Gasteiger partial charge in [0.05, 0.1) is 0 Å². The predicted octanol–water partition coefficient (Wildman–Crippen LogP) is -0.00550. The fraction of sp³-hybridized carbons (Fsp3) is 0. The van der Waals surface area contributed by atoms with E-state index < -0.39 is 7.82 Å². The van der Waals surface area contributed by atoms with Crippen molar-refractivity contribution in [1.29, 1.82) is 0 Å². The van der Waals surface area contributed by atoms with Crippen LogP contribution in [0, 0.1) is 0 Å². The molecule has 0 fully saturated rings. The first kappa shape index (κ1) is 12.5. The summed E-state index contributed by atoms with van der Waals surface area (Å²) < 4.78 is 8.88. The van der Waals surface area contributed by atoms with Crippen LogP contribution in [0.2, 0.25) is 0 Å². The number of pyridine rings is 2. The van der Waals surface area contributed by atoms with Gasteiger partial charge in [-0.2, -0.15) is 0 Å². The minimum absolute atomic E-state index is 0.115. The molecule has 0 atom stereocenters. The molecule has 0 aliphatic heterocycles. The summed E-state index contributed by atoms with van der Waals surface area (Å²) in [5, 5.41) is 0.951. The van der Waals surface area contributed by atoms with Crippen molar-refractivity contribution in [3.63, 3.8) is 0 Å². The third-order valence-electron chi connectivity index (χ3n) is 1.49. The monoisotopic (exact) mass is 244 g/mol. The lowest BCUT2D eigenvalue weighted by Crippen LogP contribution is -2.02. The van der Waals surface area contributed by atoms with Crippen LogP contribution in [0.4, 0.5) is 0 Å². The quantitative estimate of drug-likeness (QED) is 0.483. The highest BCUT2D eigenvalue weighted by atomic mass is 31.2. The van der Waals surface area contributed by atoms with Gasteiger partial charge in [0.25, 0.3) is 0 Å². The third kappa shape index (κ3) is 4.81. The molecule has 2 aromatic rings. The molecule has 0 aliphatic carbocycles. The fourth-order valence-electron chi connectivity index (χ4n) is 0.981. The Kier molecular flexibility index (Phi) is 3.92. The van der Waals surface area contributed by atoms with Crippen LogP contribution in [0.5, 0.6) is 0 Å². The number of hydrogen-bond acceptors (Lipinski definition) is 3. The van der Waals surface area contributed by atoms with Crippen LogP contribution in [0.15, 0.2) is 35.3 Å². The van der Waals surface area contributed by atoms with Crippen molar-refractivity contribution in [3.8, 4) is 0 Å².